The number of rotatable bonds is 4. The molecule has 0 spiro atoms. The van der Waals surface area contributed by atoms with Gasteiger partial charge in [-0.05, 0) is 17.7 Å². The molecule has 4 aromatic rings. The number of nitrogens with zero attached hydrogens (tertiary/aromatic N) is 6. The number of hydrogen-bond donors (Lipinski definition) is 1. The summed E-state index contributed by atoms with van der Waals surface area (Å²) in [6, 6.07) is 7.74. The van der Waals surface area contributed by atoms with Crippen LogP contribution in [0.2, 0.25) is 0 Å². The Hall–Kier alpha value is -4.47. The first-order valence-electron chi connectivity index (χ1n) is 9.76. The van der Waals surface area contributed by atoms with Crippen molar-refractivity contribution in [3.8, 4) is 23.0 Å². The minimum Gasteiger partial charge on any atom is -0.465 e. The molecule has 2 N–H and O–H groups in total. The van der Waals surface area contributed by atoms with Crippen LogP contribution in [0.4, 0.5) is 0 Å². The molecule has 0 bridgehead atoms. The van der Waals surface area contributed by atoms with Gasteiger partial charge >= 0.3 is 5.97 Å². The molecule has 32 heavy (non-hydrogen) atoms. The van der Waals surface area contributed by atoms with Gasteiger partial charge in [0.05, 0.1) is 31.1 Å². The Labute approximate surface area is 183 Å². The number of nitrogens with two attached hydrogens (primary N) is 1. The zero-order chi connectivity index (χ0) is 22.2. The third kappa shape index (κ3) is 3.09. The number of methoxy groups -OCH3 is 1. The van der Waals surface area contributed by atoms with E-state index in [1.807, 2.05) is 35.0 Å². The van der Waals surface area contributed by atoms with Crippen LogP contribution in [-0.2, 0) is 16.6 Å². The molecule has 5 rings (SSSR count). The molecule has 1 aliphatic rings. The van der Waals surface area contributed by atoms with Crippen molar-refractivity contribution in [2.45, 2.75) is 5.92 Å². The zero-order valence-electron chi connectivity index (χ0n) is 17.3. The van der Waals surface area contributed by atoms with Crippen LogP contribution < -0.4 is 10.5 Å². The highest BCUT2D eigenvalue weighted by atomic mass is 16.5. The van der Waals surface area contributed by atoms with E-state index in [4.69, 9.17) is 15.2 Å². The number of imidazole rings is 1. The second kappa shape index (κ2) is 7.65. The number of aromatic nitrogens is 6. The summed E-state index contributed by atoms with van der Waals surface area (Å²) >= 11 is 0. The fraction of sp³-hybridized carbons (Fsp3) is 0.136. The number of ether oxygens (including phenoxy) is 2. The summed E-state index contributed by atoms with van der Waals surface area (Å²) in [6.45, 7) is 0. The Bertz CT molecular complexity index is 1310. The van der Waals surface area contributed by atoms with Gasteiger partial charge in [0.2, 0.25) is 11.8 Å². The van der Waals surface area contributed by atoms with E-state index >= 15 is 0 Å². The van der Waals surface area contributed by atoms with Gasteiger partial charge in [0, 0.05) is 37.5 Å². The second-order valence-electron chi connectivity index (χ2n) is 7.15. The van der Waals surface area contributed by atoms with Crippen molar-refractivity contribution >= 4 is 5.97 Å². The third-order valence-electron chi connectivity index (χ3n) is 5.32. The Morgan fingerprint density at radius 3 is 2.62 bits per heavy atom. The first-order chi connectivity index (χ1) is 15.6. The van der Waals surface area contributed by atoms with Crippen LogP contribution in [0.5, 0.6) is 5.88 Å². The molecule has 1 aliphatic heterocycles. The molecule has 4 heterocycles. The molecular weight excluding hydrogens is 410 g/mol. The zero-order valence-corrected chi connectivity index (χ0v) is 17.3. The van der Waals surface area contributed by atoms with Gasteiger partial charge in [0.15, 0.2) is 0 Å². The monoisotopic (exact) mass is 429 g/mol. The predicted molar refractivity (Wildman–Crippen MR) is 113 cm³/mol. The normalized spacial score (nSPS) is 15.2. The smallest absolute Gasteiger partial charge is 0.340 e. The number of benzene rings is 1. The van der Waals surface area contributed by atoms with Crippen LogP contribution in [0, 0.1) is 0 Å². The van der Waals surface area contributed by atoms with Gasteiger partial charge in [-0.25, -0.2) is 14.5 Å². The maximum Gasteiger partial charge on any atom is 0.340 e. The number of aryl methyl sites for hydroxylation is 1. The van der Waals surface area contributed by atoms with E-state index in [-0.39, 0.29) is 11.5 Å². The number of fused-ring (bicyclic) bond motifs is 1. The van der Waals surface area contributed by atoms with Crippen LogP contribution >= 0.6 is 0 Å². The first-order valence-corrected chi connectivity index (χ1v) is 9.76. The van der Waals surface area contributed by atoms with Gasteiger partial charge in [-0.2, -0.15) is 5.10 Å². The Morgan fingerprint density at radius 2 is 1.97 bits per heavy atom. The summed E-state index contributed by atoms with van der Waals surface area (Å²) in [6.07, 6.45) is 10.1. The molecule has 160 valence electrons. The van der Waals surface area contributed by atoms with Crippen molar-refractivity contribution < 1.29 is 14.3 Å². The van der Waals surface area contributed by atoms with Crippen molar-refractivity contribution in [2.24, 2.45) is 12.8 Å². The number of carbonyl (C=O) groups is 1. The van der Waals surface area contributed by atoms with Gasteiger partial charge in [-0.15, -0.1) is 0 Å². The van der Waals surface area contributed by atoms with Gasteiger partial charge < -0.3 is 19.8 Å². The lowest BCUT2D eigenvalue weighted by Gasteiger charge is -2.26. The molecule has 0 saturated carbocycles. The fourth-order valence-corrected chi connectivity index (χ4v) is 3.87. The van der Waals surface area contributed by atoms with E-state index in [1.165, 1.54) is 7.11 Å². The highest BCUT2D eigenvalue weighted by molar-refractivity contribution is 5.93. The lowest BCUT2D eigenvalue weighted by Crippen LogP contribution is -2.27. The van der Waals surface area contributed by atoms with Crippen molar-refractivity contribution in [3.05, 3.63) is 84.2 Å². The molecular formula is C22H19N7O3. The minimum atomic E-state index is -0.578. The number of esters is 1. The van der Waals surface area contributed by atoms with Crippen LogP contribution in [0.15, 0.2) is 73.0 Å². The highest BCUT2D eigenvalue weighted by Gasteiger charge is 2.40. The second-order valence-corrected chi connectivity index (χ2v) is 7.15. The van der Waals surface area contributed by atoms with E-state index < -0.39 is 11.9 Å². The summed E-state index contributed by atoms with van der Waals surface area (Å²) in [5.74, 6) is -0.749. The topological polar surface area (TPSA) is 123 Å². The molecule has 10 nitrogen and oxygen atoms in total. The molecule has 0 saturated heterocycles. The molecule has 0 fully saturated rings. The van der Waals surface area contributed by atoms with E-state index in [9.17, 15) is 4.79 Å². The third-order valence-corrected chi connectivity index (χ3v) is 5.32. The first kappa shape index (κ1) is 19.5. The predicted octanol–water partition coefficient (Wildman–Crippen LogP) is 1.93. The number of carbonyl (C=O) groups excluding carboxylic acids is 1. The molecule has 1 atom stereocenters. The van der Waals surface area contributed by atoms with Crippen LogP contribution in [-0.4, -0.2) is 42.4 Å². The van der Waals surface area contributed by atoms with Gasteiger partial charge in [-0.3, -0.25) is 9.97 Å². The average molecular weight is 429 g/mol. The maximum atomic E-state index is 12.8. The van der Waals surface area contributed by atoms with E-state index in [1.54, 1.807) is 42.8 Å². The van der Waals surface area contributed by atoms with Crippen LogP contribution in [0.25, 0.3) is 17.1 Å². The molecule has 3 aromatic heterocycles. The molecule has 1 aromatic carbocycles. The van der Waals surface area contributed by atoms with Crippen molar-refractivity contribution in [2.75, 3.05) is 7.11 Å². The lowest BCUT2D eigenvalue weighted by atomic mass is 9.83. The summed E-state index contributed by atoms with van der Waals surface area (Å²) in [7, 11) is 3.05. The Morgan fingerprint density at radius 1 is 1.16 bits per heavy atom. The summed E-state index contributed by atoms with van der Waals surface area (Å²) < 4.78 is 14.3. The standard InChI is InChI=1S/C22H19N7O3/c1-28-21-17(19(27-28)15-11-24-7-8-26-15)16(18(20(23)32-21)22(30)31-2)13-3-5-14(6-4-13)29-10-9-25-12-29/h3-12,16H,23H2,1-2H3. The largest absolute Gasteiger partial charge is 0.465 e. The fourth-order valence-electron chi connectivity index (χ4n) is 3.87. The van der Waals surface area contributed by atoms with E-state index in [0.29, 0.717) is 22.8 Å². The molecule has 0 aliphatic carbocycles. The molecule has 10 heteroatoms. The average Bonchev–Trinajstić information content (AvgIpc) is 3.47. The van der Waals surface area contributed by atoms with Gasteiger partial charge in [-0.1, -0.05) is 12.1 Å². The number of hydrogen-bond acceptors (Lipinski definition) is 8. The van der Waals surface area contributed by atoms with Crippen molar-refractivity contribution in [3.63, 3.8) is 0 Å². The Kier molecular flexibility index (Phi) is 4.66. The van der Waals surface area contributed by atoms with Gasteiger partial charge in [0.1, 0.15) is 17.0 Å². The van der Waals surface area contributed by atoms with E-state index in [0.717, 1.165) is 11.3 Å². The minimum absolute atomic E-state index is 0.0262. The molecule has 0 radical (unpaired) electrons. The van der Waals surface area contributed by atoms with Gasteiger partial charge in [0.25, 0.3) is 0 Å². The van der Waals surface area contributed by atoms with E-state index in [2.05, 4.69) is 20.1 Å². The highest BCUT2D eigenvalue weighted by Crippen LogP contribution is 2.46. The lowest BCUT2D eigenvalue weighted by molar-refractivity contribution is -0.136. The van der Waals surface area contributed by atoms with Crippen molar-refractivity contribution in [1.82, 2.24) is 29.3 Å². The van der Waals surface area contributed by atoms with Crippen LogP contribution in [0.3, 0.4) is 0 Å². The maximum absolute atomic E-state index is 12.8. The summed E-state index contributed by atoms with van der Waals surface area (Å²) in [5.41, 5.74) is 9.91. The molecule has 0 amide bonds. The molecule has 1 unspecified atom stereocenters. The summed E-state index contributed by atoms with van der Waals surface area (Å²) in [4.78, 5) is 25.4. The summed E-state index contributed by atoms with van der Waals surface area (Å²) in [5, 5.41) is 4.59. The Balaban J connectivity index is 1.71. The quantitative estimate of drug-likeness (QED) is 0.488. The van der Waals surface area contributed by atoms with Crippen LogP contribution in [0.1, 0.15) is 17.0 Å². The van der Waals surface area contributed by atoms with Crippen molar-refractivity contribution in [1.29, 1.82) is 0 Å². The SMILES string of the molecule is COC(=O)C1=C(N)Oc2c(c(-c3cnccn3)nn2C)C1c1ccc(-n2ccnc2)cc1.